The molecule has 0 spiro atoms. The Balaban J connectivity index is 1.47. The van der Waals surface area contributed by atoms with Crippen LogP contribution in [-0.2, 0) is 20.0 Å². The average Bonchev–Trinajstić information content (AvgIpc) is 3.08. The van der Waals surface area contributed by atoms with Crippen LogP contribution in [0.5, 0.6) is 0 Å². The fraction of sp³-hybridized carbons (Fsp3) is 0.211. The van der Waals surface area contributed by atoms with E-state index in [2.05, 4.69) is 32.8 Å². The zero-order valence-corrected chi connectivity index (χ0v) is 14.1. The number of pyridine rings is 1. The maximum atomic E-state index is 11.9. The van der Waals surface area contributed by atoms with Crippen molar-refractivity contribution >= 4 is 6.03 Å². The summed E-state index contributed by atoms with van der Waals surface area (Å²) in [6.07, 6.45) is 8.09. The topological polar surface area (TPSA) is 71.8 Å². The maximum absolute atomic E-state index is 11.9. The number of hydrogen-bond donors (Lipinski definition) is 2. The minimum absolute atomic E-state index is 0.178. The zero-order valence-electron chi connectivity index (χ0n) is 14.1. The summed E-state index contributed by atoms with van der Waals surface area (Å²) in [5.74, 6) is 0. The quantitative estimate of drug-likeness (QED) is 0.727. The lowest BCUT2D eigenvalue weighted by Crippen LogP contribution is -2.36. The summed E-state index contributed by atoms with van der Waals surface area (Å²) in [6, 6.07) is 11.9. The highest BCUT2D eigenvalue weighted by Gasteiger charge is 2.04. The van der Waals surface area contributed by atoms with Crippen LogP contribution >= 0.6 is 0 Å². The van der Waals surface area contributed by atoms with Crippen LogP contribution in [0.3, 0.4) is 0 Å². The molecule has 0 unspecified atom stereocenters. The Kier molecular flexibility index (Phi) is 5.41. The fourth-order valence-electron chi connectivity index (χ4n) is 2.52. The van der Waals surface area contributed by atoms with Crippen LogP contribution in [0.15, 0.2) is 61.2 Å². The van der Waals surface area contributed by atoms with Crippen LogP contribution in [-0.4, -0.2) is 27.3 Å². The van der Waals surface area contributed by atoms with Gasteiger partial charge in [0, 0.05) is 49.9 Å². The Labute approximate surface area is 146 Å². The second kappa shape index (κ2) is 8.10. The number of rotatable bonds is 6. The predicted octanol–water partition coefficient (Wildman–Crippen LogP) is 2.52. The molecule has 0 radical (unpaired) electrons. The molecule has 3 aromatic rings. The molecular weight excluding hydrogens is 314 g/mol. The van der Waals surface area contributed by atoms with E-state index in [0.717, 1.165) is 23.1 Å². The molecule has 2 N–H and O–H groups in total. The average molecular weight is 335 g/mol. The van der Waals surface area contributed by atoms with E-state index in [4.69, 9.17) is 0 Å². The Bertz CT molecular complexity index is 829. The lowest BCUT2D eigenvalue weighted by atomic mass is 10.1. The van der Waals surface area contributed by atoms with Crippen molar-refractivity contribution in [2.45, 2.75) is 13.0 Å². The largest absolute Gasteiger partial charge is 0.338 e. The Hall–Kier alpha value is -3.15. The monoisotopic (exact) mass is 335 g/mol. The lowest BCUT2D eigenvalue weighted by molar-refractivity contribution is 0.240. The summed E-state index contributed by atoms with van der Waals surface area (Å²) >= 11 is 0. The summed E-state index contributed by atoms with van der Waals surface area (Å²) in [4.78, 5) is 16.2. The molecule has 0 atom stereocenters. The molecule has 128 valence electrons. The van der Waals surface area contributed by atoms with Crippen molar-refractivity contribution in [1.29, 1.82) is 0 Å². The molecular formula is C19H21N5O. The molecule has 0 bridgehead atoms. The molecule has 0 aliphatic heterocycles. The molecule has 0 aliphatic rings. The number of aryl methyl sites for hydroxylation is 1. The van der Waals surface area contributed by atoms with Crippen molar-refractivity contribution in [3.05, 3.63) is 72.3 Å². The van der Waals surface area contributed by atoms with Crippen LogP contribution in [0.4, 0.5) is 4.79 Å². The molecule has 2 aromatic heterocycles. The zero-order chi connectivity index (χ0) is 17.5. The summed E-state index contributed by atoms with van der Waals surface area (Å²) in [5, 5.41) is 9.89. The molecule has 6 nitrogen and oxygen atoms in total. The number of carbonyl (C=O) groups excluding carboxylic acids is 1. The van der Waals surface area contributed by atoms with Crippen molar-refractivity contribution in [3.63, 3.8) is 0 Å². The minimum Gasteiger partial charge on any atom is -0.338 e. The first-order chi connectivity index (χ1) is 12.2. The second-order valence-corrected chi connectivity index (χ2v) is 5.83. The van der Waals surface area contributed by atoms with Crippen molar-refractivity contribution in [1.82, 2.24) is 25.4 Å². The molecule has 6 heteroatoms. The molecule has 0 fully saturated rings. The van der Waals surface area contributed by atoms with Gasteiger partial charge in [0.25, 0.3) is 0 Å². The van der Waals surface area contributed by atoms with Gasteiger partial charge in [-0.05, 0) is 23.6 Å². The minimum atomic E-state index is -0.178. The van der Waals surface area contributed by atoms with Gasteiger partial charge in [-0.1, -0.05) is 30.3 Å². The number of nitrogens with zero attached hydrogens (tertiary/aromatic N) is 3. The van der Waals surface area contributed by atoms with Crippen LogP contribution in [0.25, 0.3) is 11.1 Å². The van der Waals surface area contributed by atoms with Crippen LogP contribution in [0.2, 0.25) is 0 Å². The van der Waals surface area contributed by atoms with Crippen molar-refractivity contribution < 1.29 is 4.79 Å². The third-order valence-electron chi connectivity index (χ3n) is 3.83. The van der Waals surface area contributed by atoms with Gasteiger partial charge in [-0.15, -0.1) is 0 Å². The molecule has 0 saturated heterocycles. The number of amides is 2. The van der Waals surface area contributed by atoms with E-state index in [0.29, 0.717) is 13.1 Å². The van der Waals surface area contributed by atoms with E-state index in [9.17, 15) is 4.79 Å². The van der Waals surface area contributed by atoms with E-state index < -0.39 is 0 Å². The second-order valence-electron chi connectivity index (χ2n) is 5.83. The fourth-order valence-corrected chi connectivity index (χ4v) is 2.52. The first-order valence-electron chi connectivity index (χ1n) is 8.19. The highest BCUT2D eigenvalue weighted by Crippen LogP contribution is 2.18. The number of nitrogens with one attached hydrogen (secondary N) is 2. The summed E-state index contributed by atoms with van der Waals surface area (Å²) in [5.41, 5.74) is 4.14. The Morgan fingerprint density at radius 3 is 2.64 bits per heavy atom. The number of benzene rings is 1. The van der Waals surface area contributed by atoms with Crippen molar-refractivity contribution in [2.24, 2.45) is 7.05 Å². The molecule has 2 heterocycles. The molecule has 1 aromatic carbocycles. The SMILES string of the molecule is Cn1cc(-c2cncc(CNC(=O)NCCc3ccccc3)c2)cn1. The van der Waals surface area contributed by atoms with Gasteiger partial charge in [-0.3, -0.25) is 9.67 Å². The summed E-state index contributed by atoms with van der Waals surface area (Å²) < 4.78 is 1.75. The Morgan fingerprint density at radius 2 is 1.88 bits per heavy atom. The van der Waals surface area contributed by atoms with E-state index in [-0.39, 0.29) is 6.03 Å². The van der Waals surface area contributed by atoms with Gasteiger partial charge in [0.05, 0.1) is 6.20 Å². The molecule has 25 heavy (non-hydrogen) atoms. The smallest absolute Gasteiger partial charge is 0.315 e. The number of urea groups is 1. The maximum Gasteiger partial charge on any atom is 0.315 e. The lowest BCUT2D eigenvalue weighted by Gasteiger charge is -2.08. The molecule has 0 aliphatic carbocycles. The van der Waals surface area contributed by atoms with Crippen LogP contribution < -0.4 is 10.6 Å². The van der Waals surface area contributed by atoms with Gasteiger partial charge in [-0.2, -0.15) is 5.10 Å². The van der Waals surface area contributed by atoms with Gasteiger partial charge in [0.1, 0.15) is 0 Å². The Morgan fingerprint density at radius 1 is 1.04 bits per heavy atom. The van der Waals surface area contributed by atoms with Gasteiger partial charge >= 0.3 is 6.03 Å². The van der Waals surface area contributed by atoms with E-state index in [1.165, 1.54) is 5.56 Å². The van der Waals surface area contributed by atoms with Crippen molar-refractivity contribution in [3.8, 4) is 11.1 Å². The van der Waals surface area contributed by atoms with E-state index in [1.54, 1.807) is 23.3 Å². The third-order valence-corrected chi connectivity index (χ3v) is 3.83. The normalized spacial score (nSPS) is 10.4. The first kappa shape index (κ1) is 16.7. The standard InChI is InChI=1S/C19H21N5O/c1-24-14-18(13-23-24)17-9-16(10-20-12-17)11-22-19(25)21-8-7-15-5-3-2-4-6-15/h2-6,9-10,12-14H,7-8,11H2,1H3,(H2,21,22,25). The molecule has 0 saturated carbocycles. The molecule has 2 amide bonds. The van der Waals surface area contributed by atoms with Gasteiger partial charge < -0.3 is 10.6 Å². The van der Waals surface area contributed by atoms with Gasteiger partial charge in [-0.25, -0.2) is 4.79 Å². The van der Waals surface area contributed by atoms with E-state index >= 15 is 0 Å². The van der Waals surface area contributed by atoms with Crippen molar-refractivity contribution in [2.75, 3.05) is 6.54 Å². The molecule has 3 rings (SSSR count). The van der Waals surface area contributed by atoms with Crippen LogP contribution in [0.1, 0.15) is 11.1 Å². The third kappa shape index (κ3) is 4.91. The van der Waals surface area contributed by atoms with Gasteiger partial charge in [0.15, 0.2) is 0 Å². The number of carbonyl (C=O) groups is 1. The first-order valence-corrected chi connectivity index (χ1v) is 8.19. The van der Waals surface area contributed by atoms with Crippen LogP contribution in [0, 0.1) is 0 Å². The number of hydrogen-bond acceptors (Lipinski definition) is 3. The number of aromatic nitrogens is 3. The predicted molar refractivity (Wildman–Crippen MR) is 96.8 cm³/mol. The highest BCUT2D eigenvalue weighted by atomic mass is 16.2. The highest BCUT2D eigenvalue weighted by molar-refractivity contribution is 5.73. The summed E-state index contributed by atoms with van der Waals surface area (Å²) in [6.45, 7) is 1.03. The van der Waals surface area contributed by atoms with Gasteiger partial charge in [0.2, 0.25) is 0 Å². The van der Waals surface area contributed by atoms with E-state index in [1.807, 2.05) is 37.5 Å². The summed E-state index contributed by atoms with van der Waals surface area (Å²) in [7, 11) is 1.88.